The number of anilines is 1. The van der Waals surface area contributed by atoms with E-state index >= 15 is 0 Å². The van der Waals surface area contributed by atoms with Crippen molar-refractivity contribution in [3.8, 4) is 5.88 Å². The molecule has 0 bridgehead atoms. The monoisotopic (exact) mass is 269 g/mol. The van der Waals surface area contributed by atoms with Gasteiger partial charge in [-0.15, -0.1) is 0 Å². The second-order valence-electron chi connectivity index (χ2n) is 4.80. The first kappa shape index (κ1) is 12.6. The van der Waals surface area contributed by atoms with Gasteiger partial charge in [-0.25, -0.2) is 9.97 Å². The molecule has 0 N–H and O–H groups in total. The van der Waals surface area contributed by atoms with Crippen molar-refractivity contribution in [1.82, 2.24) is 9.97 Å². The number of methoxy groups -OCH3 is 1. The van der Waals surface area contributed by atoms with Crippen LogP contribution >= 0.6 is 0 Å². The first-order valence-electron chi connectivity index (χ1n) is 6.48. The Balaban J connectivity index is 1.98. The summed E-state index contributed by atoms with van der Waals surface area (Å²) in [5.41, 5.74) is 2.50. The van der Waals surface area contributed by atoms with Crippen LogP contribution in [0.4, 0.5) is 5.69 Å². The van der Waals surface area contributed by atoms with Gasteiger partial charge in [0.2, 0.25) is 5.88 Å². The molecule has 2 heterocycles. The molecule has 3 rings (SSSR count). The first-order chi connectivity index (χ1) is 9.70. The largest absolute Gasteiger partial charge is 0.481 e. The molecule has 1 aliphatic rings. The number of carbonyl (C=O) groups excluding carboxylic acids is 1. The SMILES string of the molecule is COc1cc(C(=O)N2c3ccccc3CC2C)ncn1. The quantitative estimate of drug-likeness (QED) is 0.837. The van der Waals surface area contributed by atoms with E-state index in [-0.39, 0.29) is 11.9 Å². The number of fused-ring (bicyclic) bond motifs is 1. The highest BCUT2D eigenvalue weighted by Gasteiger charge is 2.31. The number of para-hydroxylation sites is 1. The number of ether oxygens (including phenoxy) is 1. The highest BCUT2D eigenvalue weighted by atomic mass is 16.5. The van der Waals surface area contributed by atoms with Gasteiger partial charge in [0.1, 0.15) is 12.0 Å². The maximum absolute atomic E-state index is 12.7. The summed E-state index contributed by atoms with van der Waals surface area (Å²) in [5.74, 6) is 0.270. The normalized spacial score (nSPS) is 16.9. The van der Waals surface area contributed by atoms with Crippen molar-refractivity contribution in [1.29, 1.82) is 0 Å². The molecule has 1 atom stereocenters. The minimum Gasteiger partial charge on any atom is -0.481 e. The molecule has 0 spiro atoms. The van der Waals surface area contributed by atoms with E-state index in [0.717, 1.165) is 12.1 Å². The Kier molecular flexibility index (Phi) is 3.10. The topological polar surface area (TPSA) is 55.3 Å². The zero-order valence-corrected chi connectivity index (χ0v) is 11.4. The highest BCUT2D eigenvalue weighted by molar-refractivity contribution is 6.06. The Morgan fingerprint density at radius 1 is 1.35 bits per heavy atom. The van der Waals surface area contributed by atoms with Crippen LogP contribution in [-0.4, -0.2) is 29.0 Å². The first-order valence-corrected chi connectivity index (χ1v) is 6.48. The lowest BCUT2D eigenvalue weighted by molar-refractivity contribution is 0.0976. The average Bonchev–Trinajstić information content (AvgIpc) is 2.82. The Bertz CT molecular complexity index is 657. The fraction of sp³-hybridized carbons (Fsp3) is 0.267. The maximum Gasteiger partial charge on any atom is 0.277 e. The van der Waals surface area contributed by atoms with Crippen LogP contribution in [0.2, 0.25) is 0 Å². The molecule has 1 aromatic heterocycles. The van der Waals surface area contributed by atoms with Crippen LogP contribution in [0.25, 0.3) is 0 Å². The third kappa shape index (κ3) is 2.01. The van der Waals surface area contributed by atoms with Crippen LogP contribution in [0.3, 0.4) is 0 Å². The molecule has 5 nitrogen and oxygen atoms in total. The van der Waals surface area contributed by atoms with Gasteiger partial charge in [-0.1, -0.05) is 18.2 Å². The molecule has 0 radical (unpaired) electrons. The molecule has 0 saturated heterocycles. The van der Waals surface area contributed by atoms with Gasteiger partial charge in [0.05, 0.1) is 7.11 Å². The Morgan fingerprint density at radius 3 is 2.95 bits per heavy atom. The summed E-state index contributed by atoms with van der Waals surface area (Å²) in [6.45, 7) is 2.04. The number of nitrogens with zero attached hydrogens (tertiary/aromatic N) is 3. The van der Waals surface area contributed by atoms with Crippen LogP contribution in [0.15, 0.2) is 36.7 Å². The lowest BCUT2D eigenvalue weighted by Gasteiger charge is -2.22. The van der Waals surface area contributed by atoms with Gasteiger partial charge in [-0.3, -0.25) is 4.79 Å². The van der Waals surface area contributed by atoms with Gasteiger partial charge in [-0.05, 0) is 25.0 Å². The van der Waals surface area contributed by atoms with Gasteiger partial charge in [0.15, 0.2) is 0 Å². The molecule has 20 heavy (non-hydrogen) atoms. The van der Waals surface area contributed by atoms with Crippen LogP contribution < -0.4 is 9.64 Å². The van der Waals surface area contributed by atoms with Gasteiger partial charge in [-0.2, -0.15) is 0 Å². The molecule has 102 valence electrons. The number of rotatable bonds is 2. The zero-order valence-electron chi connectivity index (χ0n) is 11.4. The van der Waals surface area contributed by atoms with E-state index in [9.17, 15) is 4.79 Å². The van der Waals surface area contributed by atoms with Crippen LogP contribution in [-0.2, 0) is 6.42 Å². The van der Waals surface area contributed by atoms with E-state index in [1.807, 2.05) is 25.1 Å². The fourth-order valence-corrected chi connectivity index (χ4v) is 2.57. The molecule has 1 aliphatic heterocycles. The van der Waals surface area contributed by atoms with Gasteiger partial charge < -0.3 is 9.64 Å². The number of hydrogen-bond donors (Lipinski definition) is 0. The molecule has 2 aromatic rings. The predicted octanol–water partition coefficient (Wildman–Crippen LogP) is 2.08. The number of benzene rings is 1. The van der Waals surface area contributed by atoms with Crippen LogP contribution in [0.5, 0.6) is 5.88 Å². The standard InChI is InChI=1S/C15H15N3O2/c1-10-7-11-5-3-4-6-13(11)18(10)15(19)12-8-14(20-2)17-9-16-12/h3-6,8-10H,7H2,1-2H3. The summed E-state index contributed by atoms with van der Waals surface area (Å²) in [4.78, 5) is 22.4. The van der Waals surface area contributed by atoms with Crippen molar-refractivity contribution < 1.29 is 9.53 Å². The summed E-state index contributed by atoms with van der Waals surface area (Å²) in [5, 5.41) is 0. The van der Waals surface area contributed by atoms with Crippen LogP contribution in [0.1, 0.15) is 23.0 Å². The number of carbonyl (C=O) groups is 1. The molecule has 1 unspecified atom stereocenters. The number of aromatic nitrogens is 2. The molecule has 0 saturated carbocycles. The number of amides is 1. The molecular formula is C15H15N3O2. The average molecular weight is 269 g/mol. The summed E-state index contributed by atoms with van der Waals surface area (Å²) >= 11 is 0. The van der Waals surface area contributed by atoms with E-state index in [1.165, 1.54) is 19.0 Å². The third-order valence-electron chi connectivity index (χ3n) is 3.50. The predicted molar refractivity (Wildman–Crippen MR) is 75.0 cm³/mol. The second kappa shape index (κ2) is 4.92. The van der Waals surface area contributed by atoms with Crippen molar-refractivity contribution in [3.63, 3.8) is 0 Å². The Hall–Kier alpha value is -2.43. The summed E-state index contributed by atoms with van der Waals surface area (Å²) in [6, 6.07) is 9.65. The highest BCUT2D eigenvalue weighted by Crippen LogP contribution is 2.32. The van der Waals surface area contributed by atoms with E-state index < -0.39 is 0 Å². The fourth-order valence-electron chi connectivity index (χ4n) is 2.57. The summed E-state index contributed by atoms with van der Waals surface area (Å²) in [6.07, 6.45) is 2.21. The lowest BCUT2D eigenvalue weighted by Crippen LogP contribution is -2.36. The molecule has 0 fully saturated rings. The lowest BCUT2D eigenvalue weighted by atomic mass is 10.1. The number of hydrogen-bond acceptors (Lipinski definition) is 4. The summed E-state index contributed by atoms with van der Waals surface area (Å²) < 4.78 is 5.04. The smallest absolute Gasteiger partial charge is 0.277 e. The Labute approximate surface area is 117 Å². The van der Waals surface area contributed by atoms with Crippen LogP contribution in [0, 0.1) is 0 Å². The molecule has 5 heteroatoms. The van der Waals surface area contributed by atoms with Crippen molar-refractivity contribution in [3.05, 3.63) is 47.9 Å². The van der Waals surface area contributed by atoms with Gasteiger partial charge >= 0.3 is 0 Å². The zero-order chi connectivity index (χ0) is 14.1. The third-order valence-corrected chi connectivity index (χ3v) is 3.50. The van der Waals surface area contributed by atoms with Crippen molar-refractivity contribution in [2.45, 2.75) is 19.4 Å². The van der Waals surface area contributed by atoms with Crippen molar-refractivity contribution in [2.24, 2.45) is 0 Å². The van der Waals surface area contributed by atoms with E-state index in [0.29, 0.717) is 11.6 Å². The minimum atomic E-state index is -0.122. The van der Waals surface area contributed by atoms with Gasteiger partial charge in [0, 0.05) is 17.8 Å². The Morgan fingerprint density at radius 2 is 2.15 bits per heavy atom. The van der Waals surface area contributed by atoms with E-state index in [4.69, 9.17) is 4.74 Å². The summed E-state index contributed by atoms with van der Waals surface area (Å²) in [7, 11) is 1.52. The van der Waals surface area contributed by atoms with Crippen molar-refractivity contribution in [2.75, 3.05) is 12.0 Å². The molecule has 1 amide bonds. The van der Waals surface area contributed by atoms with Gasteiger partial charge in [0.25, 0.3) is 5.91 Å². The maximum atomic E-state index is 12.7. The van der Waals surface area contributed by atoms with Crippen molar-refractivity contribution >= 4 is 11.6 Å². The minimum absolute atomic E-state index is 0.122. The van der Waals surface area contributed by atoms with E-state index in [2.05, 4.69) is 16.0 Å². The molecule has 0 aliphatic carbocycles. The molecule has 1 aromatic carbocycles. The molecular weight excluding hydrogens is 254 g/mol. The second-order valence-corrected chi connectivity index (χ2v) is 4.80. The van der Waals surface area contributed by atoms with E-state index in [1.54, 1.807) is 11.0 Å².